The Hall–Kier alpha value is -1.68. The number of benzene rings is 1. The van der Waals surface area contributed by atoms with E-state index in [2.05, 4.69) is 5.10 Å². The predicted molar refractivity (Wildman–Crippen MR) is 70.0 cm³/mol. The van der Waals surface area contributed by atoms with Crippen LogP contribution in [0.25, 0.3) is 0 Å². The second-order valence-corrected chi connectivity index (χ2v) is 4.81. The number of nitrogens with zero attached hydrogens (tertiary/aromatic N) is 2. The van der Waals surface area contributed by atoms with E-state index >= 15 is 0 Å². The molecule has 1 amide bonds. The van der Waals surface area contributed by atoms with Crippen molar-refractivity contribution in [3.8, 4) is 0 Å². The molecule has 1 N–H and O–H groups in total. The Morgan fingerprint density at radius 3 is 2.72 bits per heavy atom. The fraction of sp³-hybridized carbons (Fsp3) is 0.429. The van der Waals surface area contributed by atoms with E-state index in [1.54, 1.807) is 0 Å². The average Bonchev–Trinajstić information content (AvgIpc) is 2.64. The third-order valence-corrected chi connectivity index (χ3v) is 3.16. The Balaban J connectivity index is 2.06. The molecule has 0 aliphatic carbocycles. The number of hydrogen-bond donors (Lipinski definition) is 1. The second kappa shape index (κ2) is 4.90. The molecule has 1 unspecified atom stereocenters. The minimum absolute atomic E-state index is 0.220. The number of amides is 1. The Labute approximate surface area is 107 Å². The van der Waals surface area contributed by atoms with Gasteiger partial charge in [0.2, 0.25) is 5.91 Å². The summed E-state index contributed by atoms with van der Waals surface area (Å²) in [6.45, 7) is 3.26. The third kappa shape index (κ3) is 2.59. The summed E-state index contributed by atoms with van der Waals surface area (Å²) in [5.74, 6) is -0.220. The SMILES string of the molecule is CC(=O)N1N=C(C)CC1(O)CCc1ccccc1. The van der Waals surface area contributed by atoms with Gasteiger partial charge in [-0.15, -0.1) is 0 Å². The molecule has 4 nitrogen and oxygen atoms in total. The maximum absolute atomic E-state index is 11.5. The van der Waals surface area contributed by atoms with Crippen LogP contribution in [0.1, 0.15) is 32.3 Å². The van der Waals surface area contributed by atoms with Crippen molar-refractivity contribution in [2.75, 3.05) is 0 Å². The largest absolute Gasteiger partial charge is 0.369 e. The van der Waals surface area contributed by atoms with Gasteiger partial charge >= 0.3 is 0 Å². The van der Waals surface area contributed by atoms with Crippen molar-refractivity contribution in [1.82, 2.24) is 5.01 Å². The van der Waals surface area contributed by atoms with Gasteiger partial charge in [0.05, 0.1) is 0 Å². The monoisotopic (exact) mass is 246 g/mol. The van der Waals surface area contributed by atoms with Gasteiger partial charge in [-0.3, -0.25) is 4.79 Å². The molecule has 4 heteroatoms. The number of hydrogen-bond acceptors (Lipinski definition) is 3. The first-order chi connectivity index (χ1) is 8.51. The maximum atomic E-state index is 11.5. The standard InChI is InChI=1S/C14H18N2O2/c1-11-10-14(18,16(15-11)12(2)17)9-8-13-6-4-3-5-7-13/h3-7,18H,8-10H2,1-2H3. The third-order valence-electron chi connectivity index (χ3n) is 3.16. The number of rotatable bonds is 3. The maximum Gasteiger partial charge on any atom is 0.242 e. The molecule has 0 spiro atoms. The summed E-state index contributed by atoms with van der Waals surface area (Å²) in [7, 11) is 0. The van der Waals surface area contributed by atoms with Gasteiger partial charge in [-0.25, -0.2) is 5.01 Å². The van der Waals surface area contributed by atoms with Crippen LogP contribution in [0.2, 0.25) is 0 Å². The van der Waals surface area contributed by atoms with E-state index in [4.69, 9.17) is 0 Å². The number of carbonyl (C=O) groups excluding carboxylic acids is 1. The second-order valence-electron chi connectivity index (χ2n) is 4.81. The predicted octanol–water partition coefficient (Wildman–Crippen LogP) is 1.94. The lowest BCUT2D eigenvalue weighted by atomic mass is 9.98. The van der Waals surface area contributed by atoms with Crippen LogP contribution < -0.4 is 0 Å². The molecule has 1 heterocycles. The van der Waals surface area contributed by atoms with Crippen molar-refractivity contribution in [2.24, 2.45) is 5.10 Å². The first-order valence-electron chi connectivity index (χ1n) is 6.12. The van der Waals surface area contributed by atoms with Crippen LogP contribution in [-0.4, -0.2) is 27.5 Å². The van der Waals surface area contributed by atoms with Crippen molar-refractivity contribution in [3.63, 3.8) is 0 Å². The smallest absolute Gasteiger partial charge is 0.242 e. The van der Waals surface area contributed by atoms with Gasteiger partial charge < -0.3 is 5.11 Å². The summed E-state index contributed by atoms with van der Waals surface area (Å²) in [6, 6.07) is 9.94. The molecule has 1 aromatic rings. The molecule has 1 aromatic carbocycles. The Bertz CT molecular complexity index is 470. The summed E-state index contributed by atoms with van der Waals surface area (Å²) in [5.41, 5.74) is 0.783. The van der Waals surface area contributed by atoms with Gasteiger partial charge in [-0.1, -0.05) is 30.3 Å². The van der Waals surface area contributed by atoms with Gasteiger partial charge in [0.25, 0.3) is 0 Å². The van der Waals surface area contributed by atoms with E-state index in [0.717, 1.165) is 17.7 Å². The highest BCUT2D eigenvalue weighted by molar-refractivity contribution is 5.88. The molecule has 96 valence electrons. The molecule has 1 aliphatic heterocycles. The Morgan fingerprint density at radius 2 is 2.11 bits per heavy atom. The van der Waals surface area contributed by atoms with Crippen LogP contribution in [0.15, 0.2) is 35.4 Å². The normalized spacial score (nSPS) is 23.1. The van der Waals surface area contributed by atoms with Gasteiger partial charge in [0.15, 0.2) is 5.72 Å². The molecule has 0 aromatic heterocycles. The van der Waals surface area contributed by atoms with Crippen LogP contribution >= 0.6 is 0 Å². The summed E-state index contributed by atoms with van der Waals surface area (Å²) in [5, 5.41) is 15.9. The van der Waals surface area contributed by atoms with E-state index in [9.17, 15) is 9.90 Å². The van der Waals surface area contributed by atoms with Gasteiger partial charge in [-0.2, -0.15) is 5.10 Å². The number of hydrazone groups is 1. The van der Waals surface area contributed by atoms with Gasteiger partial charge in [0, 0.05) is 25.5 Å². The van der Waals surface area contributed by atoms with E-state index in [-0.39, 0.29) is 5.91 Å². The van der Waals surface area contributed by atoms with Crippen LogP contribution in [0.3, 0.4) is 0 Å². The van der Waals surface area contributed by atoms with Crippen molar-refractivity contribution in [1.29, 1.82) is 0 Å². The molecule has 2 rings (SSSR count). The average molecular weight is 246 g/mol. The molecule has 0 radical (unpaired) electrons. The van der Waals surface area contributed by atoms with E-state index in [1.807, 2.05) is 37.3 Å². The summed E-state index contributed by atoms with van der Waals surface area (Å²) in [4.78, 5) is 11.5. The molecule has 0 fully saturated rings. The highest BCUT2D eigenvalue weighted by Gasteiger charge is 2.41. The number of aryl methyl sites for hydroxylation is 1. The fourth-order valence-electron chi connectivity index (χ4n) is 2.33. The lowest BCUT2D eigenvalue weighted by molar-refractivity contribution is -0.154. The first kappa shape index (κ1) is 12.8. The zero-order chi connectivity index (χ0) is 13.2. The molecule has 18 heavy (non-hydrogen) atoms. The lowest BCUT2D eigenvalue weighted by Gasteiger charge is -2.30. The van der Waals surface area contributed by atoms with Crippen LogP contribution in [0, 0.1) is 0 Å². The molecular formula is C14H18N2O2. The molecule has 0 saturated heterocycles. The van der Waals surface area contributed by atoms with Crippen molar-refractivity contribution in [3.05, 3.63) is 35.9 Å². The zero-order valence-electron chi connectivity index (χ0n) is 10.8. The summed E-state index contributed by atoms with van der Waals surface area (Å²) < 4.78 is 0. The number of aliphatic hydroxyl groups is 1. The van der Waals surface area contributed by atoms with Crippen molar-refractivity contribution >= 4 is 11.6 Å². The van der Waals surface area contributed by atoms with Crippen molar-refractivity contribution in [2.45, 2.75) is 38.8 Å². The summed E-state index contributed by atoms with van der Waals surface area (Å²) >= 11 is 0. The van der Waals surface area contributed by atoms with E-state index in [1.165, 1.54) is 11.9 Å². The zero-order valence-corrected chi connectivity index (χ0v) is 10.8. The summed E-state index contributed by atoms with van der Waals surface area (Å²) in [6.07, 6.45) is 1.65. The molecule has 1 atom stereocenters. The molecule has 0 bridgehead atoms. The molecule has 0 saturated carbocycles. The van der Waals surface area contributed by atoms with Crippen LogP contribution in [-0.2, 0) is 11.2 Å². The van der Waals surface area contributed by atoms with E-state index in [0.29, 0.717) is 12.8 Å². The van der Waals surface area contributed by atoms with Crippen molar-refractivity contribution < 1.29 is 9.90 Å². The highest BCUT2D eigenvalue weighted by Crippen LogP contribution is 2.29. The van der Waals surface area contributed by atoms with Crippen LogP contribution in [0.5, 0.6) is 0 Å². The quantitative estimate of drug-likeness (QED) is 0.886. The topological polar surface area (TPSA) is 52.9 Å². The van der Waals surface area contributed by atoms with Gasteiger partial charge in [0.1, 0.15) is 0 Å². The minimum atomic E-state index is -1.16. The molecule has 1 aliphatic rings. The first-order valence-corrected chi connectivity index (χ1v) is 6.12. The Kier molecular flexibility index (Phi) is 3.48. The molecular weight excluding hydrogens is 228 g/mol. The van der Waals surface area contributed by atoms with E-state index < -0.39 is 5.72 Å². The van der Waals surface area contributed by atoms with Gasteiger partial charge in [-0.05, 0) is 18.9 Å². The lowest BCUT2D eigenvalue weighted by Crippen LogP contribution is -2.45. The fourth-order valence-corrected chi connectivity index (χ4v) is 2.33. The van der Waals surface area contributed by atoms with Crippen LogP contribution in [0.4, 0.5) is 0 Å². The Morgan fingerprint density at radius 1 is 1.44 bits per heavy atom. The highest BCUT2D eigenvalue weighted by atomic mass is 16.3. The minimum Gasteiger partial charge on any atom is -0.369 e. The number of carbonyl (C=O) groups is 1.